The lowest BCUT2D eigenvalue weighted by molar-refractivity contribution is -0.148. The van der Waals surface area contributed by atoms with Crippen LogP contribution in [0, 0.1) is 11.3 Å². The molecule has 4 nitrogen and oxygen atoms in total. The third-order valence-corrected chi connectivity index (χ3v) is 3.63. The summed E-state index contributed by atoms with van der Waals surface area (Å²) in [5, 5.41) is 3.31. The van der Waals surface area contributed by atoms with E-state index in [1.807, 2.05) is 0 Å². The topological polar surface area (TPSA) is 41.6 Å². The molecule has 0 aromatic heterocycles. The van der Waals surface area contributed by atoms with Crippen molar-refractivity contribution in [3.63, 3.8) is 0 Å². The van der Waals surface area contributed by atoms with Crippen molar-refractivity contribution in [2.75, 3.05) is 40.3 Å². The number of likely N-dealkylation sites (tertiary alicyclic amines) is 1. The van der Waals surface area contributed by atoms with Crippen molar-refractivity contribution in [3.8, 4) is 0 Å². The highest BCUT2D eigenvalue weighted by Gasteiger charge is 2.50. The van der Waals surface area contributed by atoms with E-state index in [2.05, 4.69) is 17.3 Å². The first-order chi connectivity index (χ1) is 6.68. The average Bonchev–Trinajstić information content (AvgIpc) is 2.74. The summed E-state index contributed by atoms with van der Waals surface area (Å²) in [6.07, 6.45) is 1.11. The van der Waals surface area contributed by atoms with Crippen molar-refractivity contribution >= 4 is 5.97 Å². The van der Waals surface area contributed by atoms with Gasteiger partial charge in [-0.05, 0) is 20.0 Å². The van der Waals surface area contributed by atoms with Gasteiger partial charge in [0.25, 0.3) is 0 Å². The second-order valence-electron chi connectivity index (χ2n) is 4.56. The number of esters is 1. The molecule has 0 radical (unpaired) electrons. The minimum atomic E-state index is -0.0506. The van der Waals surface area contributed by atoms with E-state index in [1.54, 1.807) is 0 Å². The summed E-state index contributed by atoms with van der Waals surface area (Å²) in [5.41, 5.74) is 0.141. The van der Waals surface area contributed by atoms with Crippen molar-refractivity contribution in [2.24, 2.45) is 11.3 Å². The zero-order valence-corrected chi connectivity index (χ0v) is 8.88. The van der Waals surface area contributed by atoms with Crippen molar-refractivity contribution in [3.05, 3.63) is 0 Å². The molecule has 2 heterocycles. The first-order valence-electron chi connectivity index (χ1n) is 5.15. The van der Waals surface area contributed by atoms with E-state index in [0.29, 0.717) is 0 Å². The van der Waals surface area contributed by atoms with Gasteiger partial charge in [0.15, 0.2) is 0 Å². The molecule has 14 heavy (non-hydrogen) atoms. The smallest absolute Gasteiger partial charge is 0.310 e. The number of hydrogen-bond donors (Lipinski definition) is 1. The fourth-order valence-corrected chi connectivity index (χ4v) is 2.82. The third kappa shape index (κ3) is 1.42. The van der Waals surface area contributed by atoms with Crippen LogP contribution in [0.5, 0.6) is 0 Å². The maximum atomic E-state index is 11.6. The zero-order valence-electron chi connectivity index (χ0n) is 8.88. The first kappa shape index (κ1) is 9.93. The van der Waals surface area contributed by atoms with Crippen molar-refractivity contribution in [2.45, 2.75) is 6.42 Å². The van der Waals surface area contributed by atoms with Gasteiger partial charge in [0.2, 0.25) is 0 Å². The molecule has 1 N–H and O–H groups in total. The lowest BCUT2D eigenvalue weighted by atomic mass is 9.77. The molecule has 80 valence electrons. The molecule has 0 aromatic rings. The molecule has 0 saturated carbocycles. The molecular formula is C10H18N2O2. The predicted molar refractivity (Wildman–Crippen MR) is 52.9 cm³/mol. The monoisotopic (exact) mass is 198 g/mol. The van der Waals surface area contributed by atoms with Crippen molar-refractivity contribution in [1.29, 1.82) is 0 Å². The van der Waals surface area contributed by atoms with Gasteiger partial charge in [-0.1, -0.05) is 0 Å². The summed E-state index contributed by atoms with van der Waals surface area (Å²) in [4.78, 5) is 13.9. The molecule has 2 unspecified atom stereocenters. The molecule has 2 saturated heterocycles. The van der Waals surface area contributed by atoms with E-state index >= 15 is 0 Å². The van der Waals surface area contributed by atoms with Crippen LogP contribution >= 0.6 is 0 Å². The summed E-state index contributed by atoms with van der Waals surface area (Å²) in [6.45, 7) is 3.84. The van der Waals surface area contributed by atoms with Crippen LogP contribution in [0.3, 0.4) is 0 Å². The molecule has 2 aliphatic rings. The highest BCUT2D eigenvalue weighted by atomic mass is 16.5. The van der Waals surface area contributed by atoms with Crippen molar-refractivity contribution < 1.29 is 9.53 Å². The van der Waals surface area contributed by atoms with Crippen LogP contribution in [0.15, 0.2) is 0 Å². The number of rotatable bonds is 1. The van der Waals surface area contributed by atoms with E-state index in [1.165, 1.54) is 7.11 Å². The Morgan fingerprint density at radius 3 is 3.00 bits per heavy atom. The highest BCUT2D eigenvalue weighted by molar-refractivity contribution is 5.74. The Labute approximate surface area is 84.6 Å². The van der Waals surface area contributed by atoms with Gasteiger partial charge in [-0.15, -0.1) is 0 Å². The molecule has 1 spiro atoms. The summed E-state index contributed by atoms with van der Waals surface area (Å²) >= 11 is 0. The Hall–Kier alpha value is -0.610. The number of hydrogen-bond acceptors (Lipinski definition) is 4. The number of carbonyl (C=O) groups is 1. The maximum absolute atomic E-state index is 11.6. The Morgan fingerprint density at radius 2 is 2.43 bits per heavy atom. The SMILES string of the molecule is COC(=O)C1CNCC12CCN(C)C2. The second kappa shape index (κ2) is 3.51. The quantitative estimate of drug-likeness (QED) is 0.587. The van der Waals surface area contributed by atoms with E-state index < -0.39 is 0 Å². The fourth-order valence-electron chi connectivity index (χ4n) is 2.82. The van der Waals surface area contributed by atoms with Gasteiger partial charge in [0.05, 0.1) is 13.0 Å². The lowest BCUT2D eigenvalue weighted by Crippen LogP contribution is -2.37. The highest BCUT2D eigenvalue weighted by Crippen LogP contribution is 2.40. The number of ether oxygens (including phenoxy) is 1. The van der Waals surface area contributed by atoms with Crippen LogP contribution < -0.4 is 5.32 Å². The molecular weight excluding hydrogens is 180 g/mol. The molecule has 4 heteroatoms. The molecule has 2 fully saturated rings. The Balaban J connectivity index is 2.13. The van der Waals surface area contributed by atoms with Crippen LogP contribution in [0.2, 0.25) is 0 Å². The van der Waals surface area contributed by atoms with Gasteiger partial charge in [-0.3, -0.25) is 4.79 Å². The Kier molecular flexibility index (Phi) is 2.49. The zero-order chi connectivity index (χ0) is 10.2. The number of nitrogens with zero attached hydrogens (tertiary/aromatic N) is 1. The second-order valence-corrected chi connectivity index (χ2v) is 4.56. The van der Waals surface area contributed by atoms with Crippen LogP contribution in [0.25, 0.3) is 0 Å². The number of nitrogens with one attached hydrogen (secondary N) is 1. The molecule has 2 atom stereocenters. The minimum absolute atomic E-state index is 0.0506. The summed E-state index contributed by atoms with van der Waals surface area (Å²) in [6, 6.07) is 0. The molecule has 2 rings (SSSR count). The summed E-state index contributed by atoms with van der Waals surface area (Å²) < 4.78 is 4.86. The van der Waals surface area contributed by atoms with Crippen LogP contribution in [0.4, 0.5) is 0 Å². The largest absolute Gasteiger partial charge is 0.469 e. The van der Waals surface area contributed by atoms with Gasteiger partial charge < -0.3 is 15.0 Å². The van der Waals surface area contributed by atoms with Gasteiger partial charge in [-0.25, -0.2) is 0 Å². The normalized spacial score (nSPS) is 38.0. The molecule has 0 bridgehead atoms. The Bertz CT molecular complexity index is 244. The Morgan fingerprint density at radius 1 is 1.64 bits per heavy atom. The van der Waals surface area contributed by atoms with Gasteiger partial charge in [0, 0.05) is 25.0 Å². The predicted octanol–water partition coefficient (Wildman–Crippen LogP) is -0.299. The van der Waals surface area contributed by atoms with Crippen molar-refractivity contribution in [1.82, 2.24) is 10.2 Å². The maximum Gasteiger partial charge on any atom is 0.310 e. The van der Waals surface area contributed by atoms with Crippen LogP contribution in [-0.4, -0.2) is 51.2 Å². The molecule has 0 amide bonds. The number of methoxy groups -OCH3 is 1. The molecule has 0 aliphatic carbocycles. The standard InChI is InChI=1S/C10H18N2O2/c1-12-4-3-10(7-12)6-11-5-8(10)9(13)14-2/h8,11H,3-7H2,1-2H3. The van der Waals surface area contributed by atoms with E-state index in [4.69, 9.17) is 4.74 Å². The lowest BCUT2D eigenvalue weighted by Gasteiger charge is -2.27. The number of carbonyl (C=O) groups excluding carboxylic acids is 1. The van der Waals surface area contributed by atoms with E-state index in [-0.39, 0.29) is 17.3 Å². The first-order valence-corrected chi connectivity index (χ1v) is 5.15. The average molecular weight is 198 g/mol. The van der Waals surface area contributed by atoms with E-state index in [0.717, 1.165) is 32.6 Å². The van der Waals surface area contributed by atoms with Crippen LogP contribution in [-0.2, 0) is 9.53 Å². The van der Waals surface area contributed by atoms with E-state index in [9.17, 15) is 4.79 Å². The van der Waals surface area contributed by atoms with Crippen LogP contribution in [0.1, 0.15) is 6.42 Å². The summed E-state index contributed by atoms with van der Waals surface area (Å²) in [5.74, 6) is 0.00255. The fraction of sp³-hybridized carbons (Fsp3) is 0.900. The molecule has 0 aromatic carbocycles. The summed E-state index contributed by atoms with van der Waals surface area (Å²) in [7, 11) is 3.59. The molecule has 2 aliphatic heterocycles. The van der Waals surface area contributed by atoms with Gasteiger partial charge >= 0.3 is 5.97 Å². The third-order valence-electron chi connectivity index (χ3n) is 3.63. The minimum Gasteiger partial charge on any atom is -0.469 e. The van der Waals surface area contributed by atoms with Gasteiger partial charge in [0.1, 0.15) is 0 Å². The van der Waals surface area contributed by atoms with Gasteiger partial charge in [-0.2, -0.15) is 0 Å².